The van der Waals surface area contributed by atoms with Gasteiger partial charge in [0, 0.05) is 31.9 Å². The lowest BCUT2D eigenvalue weighted by molar-refractivity contribution is -0.145. The molecule has 1 aromatic rings. The minimum atomic E-state index is -0.517. The van der Waals surface area contributed by atoms with Crippen LogP contribution in [-0.2, 0) is 14.4 Å². The van der Waals surface area contributed by atoms with E-state index in [1.807, 2.05) is 39.1 Å². The Bertz CT molecular complexity index is 733. The summed E-state index contributed by atoms with van der Waals surface area (Å²) in [5.74, 6) is -0.445. The number of rotatable bonds is 3. The van der Waals surface area contributed by atoms with E-state index >= 15 is 0 Å². The minimum Gasteiger partial charge on any atom is -0.353 e. The molecule has 7 nitrogen and oxygen atoms in total. The molecule has 0 unspecified atom stereocenters. The second-order valence-electron chi connectivity index (χ2n) is 7.69. The van der Waals surface area contributed by atoms with Gasteiger partial charge >= 0.3 is 0 Å². The standard InChI is InChI=1S/C20H28N4O3/c1-14-10-15(2)12-16(11-14)22-17(25)13-18(26)24-7-4-20(5-8-24)19(27)21-6-9-23(20)3/h10-12H,4-9,13H2,1-3H3,(H,21,27)(H,22,25). The summed E-state index contributed by atoms with van der Waals surface area (Å²) >= 11 is 0. The van der Waals surface area contributed by atoms with E-state index in [1.165, 1.54) is 0 Å². The molecule has 0 aliphatic carbocycles. The van der Waals surface area contributed by atoms with E-state index in [2.05, 4.69) is 15.5 Å². The first kappa shape index (κ1) is 19.4. The molecule has 7 heteroatoms. The van der Waals surface area contributed by atoms with Crippen molar-refractivity contribution in [2.45, 2.75) is 38.6 Å². The third kappa shape index (κ3) is 4.13. The molecule has 2 aliphatic heterocycles. The number of carbonyl (C=O) groups is 3. The molecule has 146 valence electrons. The number of nitrogens with zero attached hydrogens (tertiary/aromatic N) is 2. The molecule has 1 spiro atoms. The molecule has 1 aromatic carbocycles. The summed E-state index contributed by atoms with van der Waals surface area (Å²) in [5.41, 5.74) is 2.32. The SMILES string of the molecule is Cc1cc(C)cc(NC(=O)CC(=O)N2CCC3(CC2)C(=O)NCCN3C)c1. The van der Waals surface area contributed by atoms with Gasteiger partial charge in [0.15, 0.2) is 0 Å². The average molecular weight is 372 g/mol. The maximum atomic E-state index is 12.5. The van der Waals surface area contributed by atoms with Gasteiger partial charge < -0.3 is 15.5 Å². The lowest BCUT2D eigenvalue weighted by Gasteiger charge is -2.48. The Labute approximate surface area is 160 Å². The first-order valence-corrected chi connectivity index (χ1v) is 9.46. The van der Waals surface area contributed by atoms with E-state index in [9.17, 15) is 14.4 Å². The fourth-order valence-corrected chi connectivity index (χ4v) is 4.13. The number of hydrogen-bond donors (Lipinski definition) is 2. The maximum absolute atomic E-state index is 12.5. The van der Waals surface area contributed by atoms with E-state index < -0.39 is 5.54 Å². The third-order valence-electron chi connectivity index (χ3n) is 5.65. The molecule has 0 bridgehead atoms. The number of amides is 3. The van der Waals surface area contributed by atoms with Gasteiger partial charge in [-0.3, -0.25) is 19.3 Å². The lowest BCUT2D eigenvalue weighted by atomic mass is 9.83. The predicted octanol–water partition coefficient (Wildman–Crippen LogP) is 1.05. The van der Waals surface area contributed by atoms with E-state index in [-0.39, 0.29) is 24.1 Å². The molecule has 2 N–H and O–H groups in total. The molecule has 27 heavy (non-hydrogen) atoms. The van der Waals surface area contributed by atoms with Crippen molar-refractivity contribution in [3.05, 3.63) is 29.3 Å². The molecule has 0 radical (unpaired) electrons. The van der Waals surface area contributed by atoms with Crippen LogP contribution in [0.25, 0.3) is 0 Å². The number of likely N-dealkylation sites (N-methyl/N-ethyl adjacent to an activating group) is 1. The topological polar surface area (TPSA) is 81.8 Å². The van der Waals surface area contributed by atoms with Crippen LogP contribution < -0.4 is 10.6 Å². The minimum absolute atomic E-state index is 0.0518. The summed E-state index contributed by atoms with van der Waals surface area (Å²) in [5, 5.41) is 5.74. The van der Waals surface area contributed by atoms with Crippen LogP contribution in [0.4, 0.5) is 5.69 Å². The average Bonchev–Trinajstić information content (AvgIpc) is 2.59. The van der Waals surface area contributed by atoms with Gasteiger partial charge in [0.25, 0.3) is 0 Å². The molecule has 0 saturated carbocycles. The predicted molar refractivity (Wildman–Crippen MR) is 103 cm³/mol. The number of likely N-dealkylation sites (tertiary alicyclic amines) is 1. The van der Waals surface area contributed by atoms with Crippen LogP contribution in [-0.4, -0.2) is 66.3 Å². The molecular weight excluding hydrogens is 344 g/mol. The van der Waals surface area contributed by atoms with Gasteiger partial charge in [-0.15, -0.1) is 0 Å². The molecule has 2 saturated heterocycles. The fraction of sp³-hybridized carbons (Fsp3) is 0.550. The normalized spacial score (nSPS) is 19.7. The van der Waals surface area contributed by atoms with Gasteiger partial charge in [-0.1, -0.05) is 6.07 Å². The number of nitrogens with one attached hydrogen (secondary N) is 2. The zero-order valence-corrected chi connectivity index (χ0v) is 16.3. The summed E-state index contributed by atoms with van der Waals surface area (Å²) in [6.07, 6.45) is 1.02. The smallest absolute Gasteiger partial charge is 0.240 e. The van der Waals surface area contributed by atoms with Crippen molar-refractivity contribution in [3.63, 3.8) is 0 Å². The van der Waals surface area contributed by atoms with E-state index in [1.54, 1.807) is 4.90 Å². The van der Waals surface area contributed by atoms with Gasteiger partial charge in [0.2, 0.25) is 17.7 Å². The zero-order chi connectivity index (χ0) is 19.6. The van der Waals surface area contributed by atoms with Crippen molar-refractivity contribution in [1.29, 1.82) is 0 Å². The number of benzene rings is 1. The van der Waals surface area contributed by atoms with Crippen molar-refractivity contribution in [2.75, 3.05) is 38.5 Å². The quantitative estimate of drug-likeness (QED) is 0.778. The third-order valence-corrected chi connectivity index (χ3v) is 5.65. The van der Waals surface area contributed by atoms with Crippen LogP contribution in [0.5, 0.6) is 0 Å². The Morgan fingerprint density at radius 1 is 1.11 bits per heavy atom. The first-order chi connectivity index (χ1) is 12.8. The molecule has 2 aliphatic rings. The molecule has 3 amide bonds. The van der Waals surface area contributed by atoms with Gasteiger partial charge in [0.1, 0.15) is 12.0 Å². The fourth-order valence-electron chi connectivity index (χ4n) is 4.13. The molecule has 0 aromatic heterocycles. The molecule has 0 atom stereocenters. The highest BCUT2D eigenvalue weighted by Crippen LogP contribution is 2.30. The highest BCUT2D eigenvalue weighted by molar-refractivity contribution is 6.03. The summed E-state index contributed by atoms with van der Waals surface area (Å²) in [4.78, 5) is 40.9. The first-order valence-electron chi connectivity index (χ1n) is 9.46. The summed E-state index contributed by atoms with van der Waals surface area (Å²) < 4.78 is 0. The van der Waals surface area contributed by atoms with Crippen molar-refractivity contribution in [1.82, 2.24) is 15.1 Å². The second-order valence-corrected chi connectivity index (χ2v) is 7.69. The Kier molecular flexibility index (Phi) is 5.51. The van der Waals surface area contributed by atoms with Crippen molar-refractivity contribution < 1.29 is 14.4 Å². The Morgan fingerprint density at radius 2 is 1.74 bits per heavy atom. The monoisotopic (exact) mass is 372 g/mol. The van der Waals surface area contributed by atoms with Crippen LogP contribution in [0, 0.1) is 13.8 Å². The number of aryl methyl sites for hydroxylation is 2. The summed E-state index contributed by atoms with van der Waals surface area (Å²) in [6.45, 7) is 6.41. The number of hydrogen-bond acceptors (Lipinski definition) is 4. The van der Waals surface area contributed by atoms with Gasteiger partial charge in [-0.2, -0.15) is 0 Å². The van der Waals surface area contributed by atoms with E-state index in [0.717, 1.165) is 17.7 Å². The van der Waals surface area contributed by atoms with Gasteiger partial charge in [-0.25, -0.2) is 0 Å². The molecule has 3 rings (SSSR count). The number of piperidine rings is 1. The largest absolute Gasteiger partial charge is 0.353 e. The van der Waals surface area contributed by atoms with Crippen LogP contribution in [0.3, 0.4) is 0 Å². The summed E-state index contributed by atoms with van der Waals surface area (Å²) in [7, 11) is 1.97. The molecule has 2 fully saturated rings. The van der Waals surface area contributed by atoms with Gasteiger partial charge in [-0.05, 0) is 57.0 Å². The van der Waals surface area contributed by atoms with E-state index in [0.29, 0.717) is 38.2 Å². The molecule has 2 heterocycles. The Morgan fingerprint density at radius 3 is 2.33 bits per heavy atom. The Hall–Kier alpha value is -2.41. The van der Waals surface area contributed by atoms with Crippen molar-refractivity contribution in [2.24, 2.45) is 0 Å². The van der Waals surface area contributed by atoms with Crippen LogP contribution in [0.15, 0.2) is 18.2 Å². The number of piperazine rings is 1. The molecular formula is C20H28N4O3. The highest BCUT2D eigenvalue weighted by Gasteiger charge is 2.47. The van der Waals surface area contributed by atoms with Crippen LogP contribution in [0.1, 0.15) is 30.4 Å². The van der Waals surface area contributed by atoms with Gasteiger partial charge in [0.05, 0.1) is 0 Å². The zero-order valence-electron chi connectivity index (χ0n) is 16.3. The number of carbonyl (C=O) groups excluding carboxylic acids is 3. The van der Waals surface area contributed by atoms with Crippen LogP contribution in [0.2, 0.25) is 0 Å². The second kappa shape index (κ2) is 7.68. The van der Waals surface area contributed by atoms with Crippen molar-refractivity contribution >= 4 is 23.4 Å². The maximum Gasteiger partial charge on any atom is 0.240 e. The van der Waals surface area contributed by atoms with Crippen molar-refractivity contribution in [3.8, 4) is 0 Å². The van der Waals surface area contributed by atoms with E-state index in [4.69, 9.17) is 0 Å². The summed E-state index contributed by atoms with van der Waals surface area (Å²) in [6, 6.07) is 5.80. The van der Waals surface area contributed by atoms with Crippen LogP contribution >= 0.6 is 0 Å². The Balaban J connectivity index is 1.55. The lowest BCUT2D eigenvalue weighted by Crippen LogP contribution is -2.67. The number of anilines is 1. The highest BCUT2D eigenvalue weighted by atomic mass is 16.2.